The van der Waals surface area contributed by atoms with E-state index in [0.717, 1.165) is 23.9 Å². The van der Waals surface area contributed by atoms with Gasteiger partial charge in [0.25, 0.3) is 0 Å². The van der Waals surface area contributed by atoms with Gasteiger partial charge >= 0.3 is 0 Å². The van der Waals surface area contributed by atoms with Crippen molar-refractivity contribution in [3.8, 4) is 5.82 Å². The van der Waals surface area contributed by atoms with Gasteiger partial charge in [0.1, 0.15) is 0 Å². The molecule has 24 heavy (non-hydrogen) atoms. The Bertz CT molecular complexity index is 780. The highest BCUT2D eigenvalue weighted by Gasteiger charge is 2.02. The molecule has 0 atom stereocenters. The standard InChI is InChI=1S/C18H20N6/c1-19-18(21-13-15-6-3-2-4-7-15)22-14-16-8-10-20-17(12-16)24-11-5-9-23-24/h2-12H,13-14H2,1H3,(H2,19,21,22). The van der Waals surface area contributed by atoms with Crippen LogP contribution in [0.1, 0.15) is 11.1 Å². The smallest absolute Gasteiger partial charge is 0.191 e. The van der Waals surface area contributed by atoms with Crippen molar-refractivity contribution in [3.63, 3.8) is 0 Å². The molecule has 0 unspecified atom stereocenters. The lowest BCUT2D eigenvalue weighted by molar-refractivity contribution is 0.800. The highest BCUT2D eigenvalue weighted by molar-refractivity contribution is 5.79. The molecule has 6 nitrogen and oxygen atoms in total. The number of rotatable bonds is 5. The molecule has 0 spiro atoms. The Morgan fingerprint density at radius 1 is 1.00 bits per heavy atom. The topological polar surface area (TPSA) is 67.1 Å². The number of aromatic nitrogens is 3. The summed E-state index contributed by atoms with van der Waals surface area (Å²) in [4.78, 5) is 8.58. The summed E-state index contributed by atoms with van der Waals surface area (Å²) in [5.41, 5.74) is 2.32. The second-order valence-electron chi connectivity index (χ2n) is 5.24. The number of hydrogen-bond acceptors (Lipinski definition) is 3. The van der Waals surface area contributed by atoms with Crippen LogP contribution in [0.25, 0.3) is 5.82 Å². The third-order valence-electron chi connectivity index (χ3n) is 3.54. The van der Waals surface area contributed by atoms with Gasteiger partial charge in [0.15, 0.2) is 11.8 Å². The van der Waals surface area contributed by atoms with Gasteiger partial charge in [-0.2, -0.15) is 5.10 Å². The minimum Gasteiger partial charge on any atom is -0.352 e. The predicted octanol–water partition coefficient (Wildman–Crippen LogP) is 2.13. The molecule has 0 bridgehead atoms. The van der Waals surface area contributed by atoms with Crippen LogP contribution in [0.4, 0.5) is 0 Å². The van der Waals surface area contributed by atoms with E-state index in [2.05, 4.69) is 37.8 Å². The van der Waals surface area contributed by atoms with E-state index in [1.165, 1.54) is 5.56 Å². The van der Waals surface area contributed by atoms with Crippen molar-refractivity contribution >= 4 is 5.96 Å². The first-order valence-electron chi connectivity index (χ1n) is 7.78. The molecule has 0 radical (unpaired) electrons. The lowest BCUT2D eigenvalue weighted by Crippen LogP contribution is -2.36. The Hall–Kier alpha value is -3.15. The molecule has 122 valence electrons. The Morgan fingerprint density at radius 3 is 2.50 bits per heavy atom. The minimum atomic E-state index is 0.658. The average molecular weight is 320 g/mol. The van der Waals surface area contributed by atoms with E-state index in [0.29, 0.717) is 6.54 Å². The van der Waals surface area contributed by atoms with Crippen LogP contribution in [0.5, 0.6) is 0 Å². The zero-order valence-corrected chi connectivity index (χ0v) is 13.6. The first kappa shape index (κ1) is 15.7. The first-order valence-corrected chi connectivity index (χ1v) is 7.78. The Kier molecular flexibility index (Phi) is 5.19. The first-order chi connectivity index (χ1) is 11.8. The van der Waals surface area contributed by atoms with Gasteiger partial charge in [-0.05, 0) is 29.3 Å². The molecule has 0 aliphatic carbocycles. The minimum absolute atomic E-state index is 0.658. The molecule has 0 aliphatic rings. The van der Waals surface area contributed by atoms with Gasteiger partial charge in [-0.1, -0.05) is 30.3 Å². The van der Waals surface area contributed by atoms with E-state index in [9.17, 15) is 0 Å². The predicted molar refractivity (Wildman–Crippen MR) is 94.8 cm³/mol. The van der Waals surface area contributed by atoms with Crippen LogP contribution in [0, 0.1) is 0 Å². The molecule has 0 saturated heterocycles. The highest BCUT2D eigenvalue weighted by atomic mass is 15.3. The second kappa shape index (κ2) is 7.92. The largest absolute Gasteiger partial charge is 0.352 e. The van der Waals surface area contributed by atoms with Crippen molar-refractivity contribution in [2.24, 2.45) is 4.99 Å². The van der Waals surface area contributed by atoms with Crippen molar-refractivity contribution in [1.82, 2.24) is 25.4 Å². The van der Waals surface area contributed by atoms with Gasteiger partial charge in [-0.3, -0.25) is 4.99 Å². The fourth-order valence-corrected chi connectivity index (χ4v) is 2.29. The molecule has 6 heteroatoms. The van der Waals surface area contributed by atoms with E-state index in [1.807, 2.05) is 42.6 Å². The van der Waals surface area contributed by atoms with Gasteiger partial charge < -0.3 is 10.6 Å². The summed E-state index contributed by atoms with van der Waals surface area (Å²) in [6.45, 7) is 1.39. The van der Waals surface area contributed by atoms with Gasteiger partial charge in [-0.25, -0.2) is 9.67 Å². The molecule has 0 saturated carbocycles. The molecule has 0 aliphatic heterocycles. The molecule has 0 amide bonds. The van der Waals surface area contributed by atoms with Gasteiger partial charge in [0.2, 0.25) is 0 Å². The SMILES string of the molecule is CN=C(NCc1ccccc1)NCc1ccnc(-n2cccn2)c1. The monoisotopic (exact) mass is 320 g/mol. The maximum absolute atomic E-state index is 4.33. The fourth-order valence-electron chi connectivity index (χ4n) is 2.29. The average Bonchev–Trinajstić information content (AvgIpc) is 3.18. The van der Waals surface area contributed by atoms with Crippen molar-refractivity contribution in [1.29, 1.82) is 0 Å². The Morgan fingerprint density at radius 2 is 1.79 bits per heavy atom. The maximum atomic E-state index is 4.33. The number of benzene rings is 1. The zero-order valence-electron chi connectivity index (χ0n) is 13.6. The van der Waals surface area contributed by atoms with Gasteiger partial charge in [0, 0.05) is 38.7 Å². The van der Waals surface area contributed by atoms with E-state index < -0.39 is 0 Å². The number of nitrogens with one attached hydrogen (secondary N) is 2. The highest BCUT2D eigenvalue weighted by Crippen LogP contribution is 2.06. The molecule has 3 rings (SSSR count). The second-order valence-corrected chi connectivity index (χ2v) is 5.24. The summed E-state index contributed by atoms with van der Waals surface area (Å²) in [5, 5.41) is 10.8. The summed E-state index contributed by atoms with van der Waals surface area (Å²) in [7, 11) is 1.77. The number of guanidine groups is 1. The van der Waals surface area contributed by atoms with Gasteiger partial charge in [0.05, 0.1) is 0 Å². The molecular weight excluding hydrogens is 300 g/mol. The molecule has 2 heterocycles. The summed E-state index contributed by atoms with van der Waals surface area (Å²) in [6, 6.07) is 16.1. The summed E-state index contributed by atoms with van der Waals surface area (Å²) in [5.74, 6) is 1.56. The molecular formula is C18H20N6. The number of nitrogens with zero attached hydrogens (tertiary/aromatic N) is 4. The van der Waals surface area contributed by atoms with Crippen LogP contribution >= 0.6 is 0 Å². The molecule has 1 aromatic carbocycles. The van der Waals surface area contributed by atoms with E-state index in [-0.39, 0.29) is 0 Å². The third-order valence-corrected chi connectivity index (χ3v) is 3.54. The summed E-state index contributed by atoms with van der Waals surface area (Å²) < 4.78 is 1.74. The normalized spacial score (nSPS) is 11.3. The lowest BCUT2D eigenvalue weighted by atomic mass is 10.2. The van der Waals surface area contributed by atoms with Crippen LogP contribution in [0.2, 0.25) is 0 Å². The number of aliphatic imine (C=N–C) groups is 1. The van der Waals surface area contributed by atoms with Crippen LogP contribution in [0.15, 0.2) is 72.1 Å². The van der Waals surface area contributed by atoms with Crippen LogP contribution < -0.4 is 10.6 Å². The maximum Gasteiger partial charge on any atom is 0.191 e. The third kappa shape index (κ3) is 4.19. The van der Waals surface area contributed by atoms with Crippen molar-refractivity contribution in [2.45, 2.75) is 13.1 Å². The quantitative estimate of drug-likeness (QED) is 0.558. The van der Waals surface area contributed by atoms with Crippen molar-refractivity contribution in [3.05, 3.63) is 78.2 Å². The summed E-state index contributed by atoms with van der Waals surface area (Å²) >= 11 is 0. The van der Waals surface area contributed by atoms with Crippen LogP contribution in [0.3, 0.4) is 0 Å². The molecule has 3 aromatic rings. The van der Waals surface area contributed by atoms with E-state index >= 15 is 0 Å². The van der Waals surface area contributed by atoms with Crippen LogP contribution in [-0.4, -0.2) is 27.8 Å². The molecule has 2 aromatic heterocycles. The van der Waals surface area contributed by atoms with Crippen LogP contribution in [-0.2, 0) is 13.1 Å². The summed E-state index contributed by atoms with van der Waals surface area (Å²) in [6.07, 6.45) is 5.40. The Labute approximate surface area is 141 Å². The fraction of sp³-hybridized carbons (Fsp3) is 0.167. The van der Waals surface area contributed by atoms with Gasteiger partial charge in [-0.15, -0.1) is 0 Å². The van der Waals surface area contributed by atoms with E-state index in [1.54, 1.807) is 24.1 Å². The van der Waals surface area contributed by atoms with E-state index in [4.69, 9.17) is 0 Å². The van der Waals surface area contributed by atoms with Crippen molar-refractivity contribution in [2.75, 3.05) is 7.05 Å². The number of hydrogen-bond donors (Lipinski definition) is 2. The molecule has 0 fully saturated rings. The lowest BCUT2D eigenvalue weighted by Gasteiger charge is -2.12. The Balaban J connectivity index is 1.57. The van der Waals surface area contributed by atoms with Crippen molar-refractivity contribution < 1.29 is 0 Å². The molecule has 2 N–H and O–H groups in total. The zero-order chi connectivity index (χ0) is 16.6. The number of pyridine rings is 1.